The zero-order chi connectivity index (χ0) is 25.4. The average molecular weight is 494 g/mol. The Hall–Kier alpha value is -4.47. The van der Waals surface area contributed by atoms with E-state index in [2.05, 4.69) is 4.98 Å². The third kappa shape index (κ3) is 4.33. The second kappa shape index (κ2) is 8.95. The lowest BCUT2D eigenvalue weighted by atomic mass is 10.1. The Balaban J connectivity index is 1.72. The predicted molar refractivity (Wildman–Crippen MR) is 126 cm³/mol. The third-order valence-electron chi connectivity index (χ3n) is 5.78. The monoisotopic (exact) mass is 494 g/mol. The van der Waals surface area contributed by atoms with E-state index in [0.717, 1.165) is 16.7 Å². The fraction of sp³-hybridized carbons (Fsp3) is 0.115. The maximum absolute atomic E-state index is 13.6. The second-order valence-corrected chi connectivity index (χ2v) is 8.21. The van der Waals surface area contributed by atoms with Crippen molar-refractivity contribution in [1.29, 1.82) is 0 Å². The van der Waals surface area contributed by atoms with Crippen LogP contribution in [0, 0.1) is 5.82 Å². The van der Waals surface area contributed by atoms with Crippen LogP contribution in [-0.4, -0.2) is 18.7 Å². The number of halogens is 4. The van der Waals surface area contributed by atoms with Gasteiger partial charge in [-0.1, -0.05) is 42.5 Å². The largest absolute Gasteiger partial charge is 0.416 e. The van der Waals surface area contributed by atoms with Gasteiger partial charge in [0.2, 0.25) is 0 Å². The summed E-state index contributed by atoms with van der Waals surface area (Å²) < 4.78 is 56.8. The molecule has 0 unspecified atom stereocenters. The van der Waals surface area contributed by atoms with Gasteiger partial charge >= 0.3 is 11.9 Å². The minimum atomic E-state index is -4.52. The highest BCUT2D eigenvalue weighted by Gasteiger charge is 2.30. The molecule has 0 saturated carbocycles. The molecule has 2 heterocycles. The van der Waals surface area contributed by atoms with Crippen molar-refractivity contribution in [1.82, 2.24) is 18.7 Å². The maximum atomic E-state index is 13.6. The van der Waals surface area contributed by atoms with Gasteiger partial charge < -0.3 is 4.57 Å². The molecule has 0 radical (unpaired) electrons. The van der Waals surface area contributed by atoms with Crippen molar-refractivity contribution < 1.29 is 17.6 Å². The van der Waals surface area contributed by atoms with Crippen molar-refractivity contribution >= 4 is 11.2 Å². The zero-order valence-corrected chi connectivity index (χ0v) is 18.6. The van der Waals surface area contributed by atoms with Crippen LogP contribution in [0.15, 0.2) is 94.8 Å². The molecule has 5 aromatic rings. The van der Waals surface area contributed by atoms with E-state index >= 15 is 0 Å². The van der Waals surface area contributed by atoms with Gasteiger partial charge in [-0.2, -0.15) is 13.2 Å². The number of hydrogen-bond donors (Lipinski definition) is 0. The molecular formula is C26H18F4N4O2. The van der Waals surface area contributed by atoms with Crippen molar-refractivity contribution in [2.45, 2.75) is 19.3 Å². The first kappa shape index (κ1) is 23.3. The van der Waals surface area contributed by atoms with E-state index in [1.54, 1.807) is 30.3 Å². The van der Waals surface area contributed by atoms with Gasteiger partial charge in [0, 0.05) is 6.54 Å². The molecule has 6 nitrogen and oxygen atoms in total. The number of alkyl halides is 3. The number of fused-ring (bicyclic) bond motifs is 1. The van der Waals surface area contributed by atoms with Crippen molar-refractivity contribution in [2.75, 3.05) is 0 Å². The Morgan fingerprint density at radius 2 is 1.50 bits per heavy atom. The summed E-state index contributed by atoms with van der Waals surface area (Å²) in [5.41, 5.74) is -0.774. The molecule has 0 amide bonds. The standard InChI is InChI=1S/C26H18F4N4O2/c27-20-9-11-21(12-10-20)34-23-22(24(35)33(25(34)36)15-17-5-2-1-3-6-17)32(16-31-23)14-18-7-4-8-19(13-18)26(28,29)30/h1-13,16H,14-15H2. The van der Waals surface area contributed by atoms with Crippen LogP contribution < -0.4 is 11.2 Å². The normalized spacial score (nSPS) is 11.8. The molecule has 0 N–H and O–H groups in total. The summed E-state index contributed by atoms with van der Waals surface area (Å²) >= 11 is 0. The summed E-state index contributed by atoms with van der Waals surface area (Å²) in [4.78, 5) is 31.3. The molecule has 5 rings (SSSR count). The summed E-state index contributed by atoms with van der Waals surface area (Å²) in [5, 5.41) is 0. The minimum absolute atomic E-state index is 0.0212. The van der Waals surface area contributed by atoms with Gasteiger partial charge in [0.15, 0.2) is 11.2 Å². The molecule has 0 saturated heterocycles. The molecular weight excluding hydrogens is 476 g/mol. The highest BCUT2D eigenvalue weighted by molar-refractivity contribution is 5.72. The Bertz CT molecular complexity index is 1670. The van der Waals surface area contributed by atoms with Crippen LogP contribution in [0.1, 0.15) is 16.7 Å². The molecule has 0 aliphatic carbocycles. The van der Waals surface area contributed by atoms with Crippen molar-refractivity contribution in [2.24, 2.45) is 0 Å². The van der Waals surface area contributed by atoms with Crippen LogP contribution in [-0.2, 0) is 19.3 Å². The first-order valence-corrected chi connectivity index (χ1v) is 10.9. The molecule has 0 aliphatic rings. The first-order chi connectivity index (χ1) is 17.2. The summed E-state index contributed by atoms with van der Waals surface area (Å²) in [7, 11) is 0. The van der Waals surface area contributed by atoms with Crippen LogP contribution in [0.5, 0.6) is 0 Å². The lowest BCUT2D eigenvalue weighted by molar-refractivity contribution is -0.137. The van der Waals surface area contributed by atoms with Crippen LogP contribution in [0.3, 0.4) is 0 Å². The maximum Gasteiger partial charge on any atom is 0.416 e. The van der Waals surface area contributed by atoms with Gasteiger partial charge in [-0.3, -0.25) is 9.36 Å². The van der Waals surface area contributed by atoms with Gasteiger partial charge in [0.1, 0.15) is 5.82 Å². The molecule has 0 spiro atoms. The van der Waals surface area contributed by atoms with Crippen LogP contribution in [0.2, 0.25) is 0 Å². The lowest BCUT2D eigenvalue weighted by Gasteiger charge is -2.13. The highest BCUT2D eigenvalue weighted by atomic mass is 19.4. The summed E-state index contributed by atoms with van der Waals surface area (Å²) in [6, 6.07) is 18.8. The Morgan fingerprint density at radius 1 is 0.806 bits per heavy atom. The van der Waals surface area contributed by atoms with Crippen LogP contribution in [0.4, 0.5) is 17.6 Å². The second-order valence-electron chi connectivity index (χ2n) is 8.21. The van der Waals surface area contributed by atoms with Crippen molar-refractivity contribution in [3.63, 3.8) is 0 Å². The predicted octanol–water partition coefficient (Wildman–Crippen LogP) is 4.60. The minimum Gasteiger partial charge on any atom is -0.320 e. The van der Waals surface area contributed by atoms with Crippen molar-refractivity contribution in [3.05, 3.63) is 129 Å². The fourth-order valence-corrected chi connectivity index (χ4v) is 4.07. The quantitative estimate of drug-likeness (QED) is 0.336. The third-order valence-corrected chi connectivity index (χ3v) is 5.78. The SMILES string of the molecule is O=c1c2c(ncn2Cc2cccc(C(F)(F)F)c2)n(-c2ccc(F)cc2)c(=O)n1Cc1ccccc1. The van der Waals surface area contributed by atoms with E-state index in [1.807, 2.05) is 0 Å². The lowest BCUT2D eigenvalue weighted by Crippen LogP contribution is -2.40. The first-order valence-electron chi connectivity index (χ1n) is 10.9. The van der Waals surface area contributed by atoms with Crippen LogP contribution >= 0.6 is 0 Å². The topological polar surface area (TPSA) is 61.8 Å². The molecule has 0 bridgehead atoms. The molecule has 3 aromatic carbocycles. The van der Waals surface area contributed by atoms with E-state index < -0.39 is 28.8 Å². The smallest absolute Gasteiger partial charge is 0.320 e. The van der Waals surface area contributed by atoms with Gasteiger partial charge in [-0.25, -0.2) is 18.7 Å². The van der Waals surface area contributed by atoms with Crippen molar-refractivity contribution in [3.8, 4) is 5.69 Å². The number of nitrogens with zero attached hydrogens (tertiary/aromatic N) is 4. The number of imidazole rings is 1. The van der Waals surface area contributed by atoms with Gasteiger partial charge in [-0.15, -0.1) is 0 Å². The van der Waals surface area contributed by atoms with E-state index in [4.69, 9.17) is 0 Å². The highest BCUT2D eigenvalue weighted by Crippen LogP contribution is 2.29. The molecule has 0 aliphatic heterocycles. The number of rotatable bonds is 5. The Labute approximate surface area is 201 Å². The van der Waals surface area contributed by atoms with Gasteiger partial charge in [0.25, 0.3) is 5.56 Å². The number of benzene rings is 3. The average Bonchev–Trinajstić information content (AvgIpc) is 3.26. The fourth-order valence-electron chi connectivity index (χ4n) is 4.07. The summed E-state index contributed by atoms with van der Waals surface area (Å²) in [6.45, 7) is -0.118. The van der Waals surface area contributed by atoms with E-state index in [0.29, 0.717) is 11.1 Å². The number of aromatic nitrogens is 4. The van der Waals surface area contributed by atoms with E-state index in [1.165, 1.54) is 51.9 Å². The molecule has 0 fully saturated rings. The molecule has 2 aromatic heterocycles. The molecule has 36 heavy (non-hydrogen) atoms. The summed E-state index contributed by atoms with van der Waals surface area (Å²) in [5.74, 6) is -0.504. The Kier molecular flexibility index (Phi) is 5.79. The van der Waals surface area contributed by atoms with E-state index in [-0.39, 0.29) is 29.9 Å². The zero-order valence-electron chi connectivity index (χ0n) is 18.6. The van der Waals surface area contributed by atoms with Gasteiger partial charge in [-0.05, 0) is 47.5 Å². The molecule has 10 heteroatoms. The van der Waals surface area contributed by atoms with Gasteiger partial charge in [0.05, 0.1) is 24.1 Å². The number of hydrogen-bond acceptors (Lipinski definition) is 3. The molecule has 182 valence electrons. The van der Waals surface area contributed by atoms with E-state index in [9.17, 15) is 27.2 Å². The summed E-state index contributed by atoms with van der Waals surface area (Å²) in [6.07, 6.45) is -3.21. The Morgan fingerprint density at radius 3 is 2.19 bits per heavy atom. The van der Waals surface area contributed by atoms with Crippen LogP contribution in [0.25, 0.3) is 16.9 Å². The molecule has 0 atom stereocenters.